The molecule has 1 fully saturated rings. The zero-order valence-corrected chi connectivity index (χ0v) is 9.27. The van der Waals surface area contributed by atoms with Gasteiger partial charge in [0.15, 0.2) is 17.5 Å². The van der Waals surface area contributed by atoms with E-state index in [1.54, 1.807) is 0 Å². The average molecular weight is 245 g/mol. The van der Waals surface area contributed by atoms with Crippen LogP contribution in [0.5, 0.6) is 0 Å². The molecule has 1 aliphatic carbocycles. The first-order valence-electron chi connectivity index (χ1n) is 5.57. The molecule has 2 N–H and O–H groups in total. The van der Waals surface area contributed by atoms with Crippen molar-refractivity contribution in [3.05, 3.63) is 35.1 Å². The minimum Gasteiger partial charge on any atom is -0.389 e. The maximum absolute atomic E-state index is 12.9. The molecule has 1 aromatic carbocycles. The van der Waals surface area contributed by atoms with E-state index in [0.717, 1.165) is 31.4 Å². The van der Waals surface area contributed by atoms with Gasteiger partial charge in [-0.3, -0.25) is 0 Å². The van der Waals surface area contributed by atoms with Crippen molar-refractivity contribution in [1.82, 2.24) is 5.32 Å². The van der Waals surface area contributed by atoms with Gasteiger partial charge in [-0.25, -0.2) is 13.2 Å². The summed E-state index contributed by atoms with van der Waals surface area (Å²) in [5.74, 6) is -3.83. The number of halogens is 3. The second-order valence-electron chi connectivity index (χ2n) is 4.55. The highest BCUT2D eigenvalue weighted by atomic mass is 19.2. The molecule has 0 spiro atoms. The molecular formula is C12H14F3NO. The lowest BCUT2D eigenvalue weighted by atomic mass is 9.80. The third-order valence-electron chi connectivity index (χ3n) is 3.11. The van der Waals surface area contributed by atoms with E-state index in [1.807, 2.05) is 0 Å². The highest BCUT2D eigenvalue weighted by Crippen LogP contribution is 2.30. The van der Waals surface area contributed by atoms with Crippen LogP contribution < -0.4 is 5.32 Å². The first kappa shape index (κ1) is 12.4. The van der Waals surface area contributed by atoms with Crippen LogP contribution in [0, 0.1) is 17.5 Å². The van der Waals surface area contributed by atoms with Crippen molar-refractivity contribution >= 4 is 0 Å². The van der Waals surface area contributed by atoms with E-state index in [9.17, 15) is 18.3 Å². The molecule has 2 rings (SSSR count). The number of aliphatic hydroxyl groups is 1. The lowest BCUT2D eigenvalue weighted by Gasteiger charge is -2.36. The fraction of sp³-hybridized carbons (Fsp3) is 0.500. The molecule has 1 saturated carbocycles. The van der Waals surface area contributed by atoms with Crippen molar-refractivity contribution in [1.29, 1.82) is 0 Å². The molecule has 2 nitrogen and oxygen atoms in total. The van der Waals surface area contributed by atoms with E-state index >= 15 is 0 Å². The topological polar surface area (TPSA) is 32.3 Å². The zero-order chi connectivity index (χ0) is 12.5. The first-order chi connectivity index (χ1) is 8.00. The van der Waals surface area contributed by atoms with Gasteiger partial charge in [-0.2, -0.15) is 0 Å². The number of rotatable bonds is 4. The fourth-order valence-corrected chi connectivity index (χ4v) is 1.91. The molecule has 94 valence electrons. The second kappa shape index (κ2) is 4.66. The molecule has 0 aliphatic heterocycles. The Bertz CT molecular complexity index is 395. The Balaban J connectivity index is 1.90. The number of nitrogens with one attached hydrogen (secondary N) is 1. The van der Waals surface area contributed by atoms with Gasteiger partial charge in [0.2, 0.25) is 0 Å². The molecule has 0 bridgehead atoms. The molecule has 0 heterocycles. The van der Waals surface area contributed by atoms with E-state index in [-0.39, 0.29) is 6.54 Å². The van der Waals surface area contributed by atoms with Crippen LogP contribution >= 0.6 is 0 Å². The van der Waals surface area contributed by atoms with Gasteiger partial charge in [-0.1, -0.05) is 0 Å². The van der Waals surface area contributed by atoms with Crippen molar-refractivity contribution in [2.24, 2.45) is 0 Å². The highest BCUT2D eigenvalue weighted by Gasteiger charge is 2.33. The van der Waals surface area contributed by atoms with Crippen molar-refractivity contribution in [3.8, 4) is 0 Å². The Morgan fingerprint density at radius 1 is 1.18 bits per heavy atom. The Hall–Kier alpha value is -1.07. The van der Waals surface area contributed by atoms with Crippen LogP contribution in [0.2, 0.25) is 0 Å². The van der Waals surface area contributed by atoms with Crippen LogP contribution in [0.1, 0.15) is 24.8 Å². The van der Waals surface area contributed by atoms with Crippen LogP contribution in [0.4, 0.5) is 13.2 Å². The summed E-state index contributed by atoms with van der Waals surface area (Å²) in [6.45, 7) is 0.587. The summed E-state index contributed by atoms with van der Waals surface area (Å²) in [7, 11) is 0. The number of hydrogen-bond acceptors (Lipinski definition) is 2. The van der Waals surface area contributed by atoms with E-state index in [2.05, 4.69) is 5.32 Å². The van der Waals surface area contributed by atoms with Crippen molar-refractivity contribution in [2.45, 2.75) is 31.4 Å². The molecule has 1 aromatic rings. The Labute approximate surface area is 97.5 Å². The van der Waals surface area contributed by atoms with Gasteiger partial charge < -0.3 is 10.4 Å². The molecule has 5 heteroatoms. The smallest absolute Gasteiger partial charge is 0.194 e. The van der Waals surface area contributed by atoms with E-state index in [0.29, 0.717) is 12.1 Å². The van der Waals surface area contributed by atoms with Gasteiger partial charge in [0.1, 0.15) is 0 Å². The Morgan fingerprint density at radius 2 is 1.76 bits per heavy atom. The monoisotopic (exact) mass is 245 g/mol. The largest absolute Gasteiger partial charge is 0.389 e. The quantitative estimate of drug-likeness (QED) is 0.796. The van der Waals surface area contributed by atoms with Crippen LogP contribution in [0.3, 0.4) is 0 Å². The highest BCUT2D eigenvalue weighted by molar-refractivity contribution is 5.19. The summed E-state index contributed by atoms with van der Waals surface area (Å²) in [6, 6.07) is 1.91. The zero-order valence-electron chi connectivity index (χ0n) is 9.27. The maximum atomic E-state index is 12.9. The molecular weight excluding hydrogens is 231 g/mol. The summed E-state index contributed by atoms with van der Waals surface area (Å²) in [4.78, 5) is 0. The molecule has 0 radical (unpaired) electrons. The standard InChI is InChI=1S/C12H14F3NO/c13-9-4-8(5-10(14)11(9)15)6-16-7-12(17)2-1-3-12/h4-5,16-17H,1-3,6-7H2. The van der Waals surface area contributed by atoms with E-state index < -0.39 is 23.1 Å². The normalized spacial score (nSPS) is 17.9. The van der Waals surface area contributed by atoms with Gasteiger partial charge >= 0.3 is 0 Å². The SMILES string of the molecule is OC1(CNCc2cc(F)c(F)c(F)c2)CCC1. The lowest BCUT2D eigenvalue weighted by Crippen LogP contribution is -2.45. The van der Waals surface area contributed by atoms with Gasteiger partial charge in [0.25, 0.3) is 0 Å². The summed E-state index contributed by atoms with van der Waals surface area (Å²) in [6.07, 6.45) is 2.48. The number of benzene rings is 1. The summed E-state index contributed by atoms with van der Waals surface area (Å²) in [5, 5.41) is 12.7. The molecule has 17 heavy (non-hydrogen) atoms. The van der Waals surface area contributed by atoms with Crippen LogP contribution in [0.15, 0.2) is 12.1 Å². The van der Waals surface area contributed by atoms with Gasteiger partial charge in [0.05, 0.1) is 5.60 Å². The molecule has 0 unspecified atom stereocenters. The average Bonchev–Trinajstić information content (AvgIpc) is 2.23. The van der Waals surface area contributed by atoms with E-state index in [4.69, 9.17) is 0 Å². The fourth-order valence-electron chi connectivity index (χ4n) is 1.91. The van der Waals surface area contributed by atoms with Crippen LogP contribution in [-0.2, 0) is 6.54 Å². The number of hydrogen-bond donors (Lipinski definition) is 2. The van der Waals surface area contributed by atoms with Gasteiger partial charge in [-0.05, 0) is 37.0 Å². The molecule has 0 saturated heterocycles. The third-order valence-corrected chi connectivity index (χ3v) is 3.11. The predicted octanol–water partition coefficient (Wildman–Crippen LogP) is 2.11. The van der Waals surface area contributed by atoms with Crippen LogP contribution in [0.25, 0.3) is 0 Å². The minimum atomic E-state index is -1.45. The summed E-state index contributed by atoms with van der Waals surface area (Å²) in [5.41, 5.74) is -0.360. The first-order valence-corrected chi connectivity index (χ1v) is 5.57. The van der Waals surface area contributed by atoms with Crippen LogP contribution in [-0.4, -0.2) is 17.3 Å². The van der Waals surface area contributed by atoms with Gasteiger partial charge in [0, 0.05) is 13.1 Å². The Kier molecular flexibility index (Phi) is 3.40. The maximum Gasteiger partial charge on any atom is 0.194 e. The Morgan fingerprint density at radius 3 is 2.24 bits per heavy atom. The van der Waals surface area contributed by atoms with Crippen molar-refractivity contribution in [3.63, 3.8) is 0 Å². The van der Waals surface area contributed by atoms with Crippen molar-refractivity contribution in [2.75, 3.05) is 6.54 Å². The summed E-state index contributed by atoms with van der Waals surface area (Å²) < 4.78 is 38.4. The molecule has 0 atom stereocenters. The van der Waals surface area contributed by atoms with Crippen molar-refractivity contribution < 1.29 is 18.3 Å². The lowest BCUT2D eigenvalue weighted by molar-refractivity contribution is -0.0314. The summed E-state index contributed by atoms with van der Waals surface area (Å²) >= 11 is 0. The minimum absolute atomic E-state index is 0.205. The second-order valence-corrected chi connectivity index (χ2v) is 4.55. The molecule has 0 amide bonds. The predicted molar refractivity (Wildman–Crippen MR) is 56.8 cm³/mol. The molecule has 0 aromatic heterocycles. The third kappa shape index (κ3) is 2.79. The molecule has 1 aliphatic rings. The van der Waals surface area contributed by atoms with Gasteiger partial charge in [-0.15, -0.1) is 0 Å². The van der Waals surface area contributed by atoms with E-state index in [1.165, 1.54) is 0 Å².